The molecule has 2 N–H and O–H groups in total. The Labute approximate surface area is 116 Å². The monoisotopic (exact) mass is 276 g/mol. The molecule has 1 heterocycles. The largest absolute Gasteiger partial charge is 0.480 e. The summed E-state index contributed by atoms with van der Waals surface area (Å²) in [6.45, 7) is 3.10. The molecule has 1 aromatic rings. The second kappa shape index (κ2) is 4.96. The van der Waals surface area contributed by atoms with Gasteiger partial charge >= 0.3 is 12.0 Å². The van der Waals surface area contributed by atoms with Gasteiger partial charge in [-0.15, -0.1) is 0 Å². The molecule has 1 aliphatic rings. The molecule has 6 nitrogen and oxygen atoms in total. The summed E-state index contributed by atoms with van der Waals surface area (Å²) in [5.74, 6) is -1.72. The molecule has 0 aromatic heterocycles. The molecule has 0 aliphatic carbocycles. The van der Waals surface area contributed by atoms with Gasteiger partial charge in [-0.25, -0.2) is 14.5 Å². The Hall–Kier alpha value is -2.37. The van der Waals surface area contributed by atoms with Gasteiger partial charge < -0.3 is 10.4 Å². The minimum absolute atomic E-state index is 0.0887. The zero-order chi connectivity index (χ0) is 14.9. The van der Waals surface area contributed by atoms with Gasteiger partial charge in [0.05, 0.1) is 0 Å². The molecule has 1 saturated heterocycles. The highest BCUT2D eigenvalue weighted by atomic mass is 16.4. The highest BCUT2D eigenvalue weighted by Gasteiger charge is 2.49. The maximum Gasteiger partial charge on any atom is 0.327 e. The van der Waals surface area contributed by atoms with Gasteiger partial charge in [-0.3, -0.25) is 4.79 Å². The number of carboxylic acids is 1. The zero-order valence-electron chi connectivity index (χ0n) is 11.3. The molecule has 1 aromatic carbocycles. The van der Waals surface area contributed by atoms with Crippen molar-refractivity contribution >= 4 is 17.9 Å². The fourth-order valence-electron chi connectivity index (χ4n) is 2.18. The molecule has 0 spiro atoms. The van der Waals surface area contributed by atoms with E-state index in [2.05, 4.69) is 5.32 Å². The van der Waals surface area contributed by atoms with E-state index in [1.807, 2.05) is 6.07 Å². The van der Waals surface area contributed by atoms with Crippen LogP contribution in [0.1, 0.15) is 19.4 Å². The first-order valence-electron chi connectivity index (χ1n) is 6.25. The molecule has 1 aliphatic heterocycles. The van der Waals surface area contributed by atoms with Gasteiger partial charge in [0.25, 0.3) is 5.91 Å². The third-order valence-corrected chi connectivity index (χ3v) is 3.26. The number of nitrogens with zero attached hydrogens (tertiary/aromatic N) is 1. The van der Waals surface area contributed by atoms with Crippen LogP contribution in [0.5, 0.6) is 0 Å². The van der Waals surface area contributed by atoms with Crippen LogP contribution in [0.4, 0.5) is 4.79 Å². The van der Waals surface area contributed by atoms with E-state index in [1.165, 1.54) is 0 Å². The molecule has 1 atom stereocenters. The van der Waals surface area contributed by atoms with E-state index < -0.39 is 29.5 Å². The highest BCUT2D eigenvalue weighted by molar-refractivity contribution is 6.08. The molecule has 0 saturated carbocycles. The van der Waals surface area contributed by atoms with E-state index in [-0.39, 0.29) is 6.42 Å². The van der Waals surface area contributed by atoms with Crippen LogP contribution in [0.15, 0.2) is 30.3 Å². The Morgan fingerprint density at radius 3 is 2.35 bits per heavy atom. The zero-order valence-corrected chi connectivity index (χ0v) is 11.3. The van der Waals surface area contributed by atoms with Crippen LogP contribution in [0.3, 0.4) is 0 Å². The SMILES string of the molecule is CC1(C)NC(=O)N(C(Cc2ccccc2)C(=O)O)C1=O. The predicted molar refractivity (Wildman–Crippen MR) is 71.0 cm³/mol. The van der Waals surface area contributed by atoms with Crippen LogP contribution < -0.4 is 5.32 Å². The summed E-state index contributed by atoms with van der Waals surface area (Å²) in [4.78, 5) is 36.2. The van der Waals surface area contributed by atoms with Gasteiger partial charge in [0.1, 0.15) is 11.6 Å². The number of carbonyl (C=O) groups is 3. The summed E-state index contributed by atoms with van der Waals surface area (Å²) in [6.07, 6.45) is 0.0887. The van der Waals surface area contributed by atoms with Crippen LogP contribution in [0.2, 0.25) is 0 Å². The molecular weight excluding hydrogens is 260 g/mol. The second-order valence-corrected chi connectivity index (χ2v) is 5.27. The lowest BCUT2D eigenvalue weighted by molar-refractivity contribution is -0.147. The highest BCUT2D eigenvalue weighted by Crippen LogP contribution is 2.21. The van der Waals surface area contributed by atoms with Crippen molar-refractivity contribution in [1.82, 2.24) is 10.2 Å². The third-order valence-electron chi connectivity index (χ3n) is 3.26. The predicted octanol–water partition coefficient (Wildman–Crippen LogP) is 1.01. The smallest absolute Gasteiger partial charge is 0.327 e. The summed E-state index contributed by atoms with van der Waals surface area (Å²) >= 11 is 0. The maximum atomic E-state index is 12.2. The third kappa shape index (κ3) is 2.49. The lowest BCUT2D eigenvalue weighted by Gasteiger charge is -2.22. The van der Waals surface area contributed by atoms with Crippen LogP contribution in [-0.2, 0) is 16.0 Å². The van der Waals surface area contributed by atoms with E-state index in [0.29, 0.717) is 0 Å². The van der Waals surface area contributed by atoms with Crippen molar-refractivity contribution in [2.75, 3.05) is 0 Å². The topological polar surface area (TPSA) is 86.7 Å². The molecule has 20 heavy (non-hydrogen) atoms. The summed E-state index contributed by atoms with van der Waals surface area (Å²) in [7, 11) is 0. The molecular formula is C14H16N2O4. The Morgan fingerprint density at radius 1 is 1.30 bits per heavy atom. The average molecular weight is 276 g/mol. The molecule has 6 heteroatoms. The fourth-order valence-corrected chi connectivity index (χ4v) is 2.18. The molecule has 1 fully saturated rings. The van der Waals surface area contributed by atoms with Crippen molar-refractivity contribution in [3.63, 3.8) is 0 Å². The quantitative estimate of drug-likeness (QED) is 0.804. The normalized spacial score (nSPS) is 18.8. The van der Waals surface area contributed by atoms with Gasteiger partial charge in [0.2, 0.25) is 0 Å². The number of hydrogen-bond donors (Lipinski definition) is 2. The number of carboxylic acid groups (broad SMARTS) is 1. The summed E-state index contributed by atoms with van der Waals surface area (Å²) in [6, 6.07) is 7.04. The first-order valence-corrected chi connectivity index (χ1v) is 6.25. The van der Waals surface area contributed by atoms with Crippen molar-refractivity contribution in [1.29, 1.82) is 0 Å². The first kappa shape index (κ1) is 14.0. The number of rotatable bonds is 4. The van der Waals surface area contributed by atoms with E-state index in [4.69, 9.17) is 0 Å². The van der Waals surface area contributed by atoms with Crippen molar-refractivity contribution in [2.24, 2.45) is 0 Å². The minimum atomic E-state index is -1.20. The molecule has 3 amide bonds. The molecule has 0 bridgehead atoms. The van der Waals surface area contributed by atoms with Crippen LogP contribution >= 0.6 is 0 Å². The number of carbonyl (C=O) groups excluding carboxylic acids is 2. The molecule has 2 rings (SSSR count). The van der Waals surface area contributed by atoms with Crippen molar-refractivity contribution in [3.8, 4) is 0 Å². The number of aliphatic carboxylic acids is 1. The van der Waals surface area contributed by atoms with Crippen molar-refractivity contribution < 1.29 is 19.5 Å². The summed E-state index contributed by atoms with van der Waals surface area (Å²) in [5.41, 5.74) is -0.313. The van der Waals surface area contributed by atoms with Gasteiger partial charge in [0, 0.05) is 6.42 Å². The Balaban J connectivity index is 2.28. The van der Waals surface area contributed by atoms with Gasteiger partial charge in [-0.1, -0.05) is 30.3 Å². The summed E-state index contributed by atoms with van der Waals surface area (Å²) in [5, 5.41) is 11.8. The Kier molecular flexibility index (Phi) is 3.48. The lowest BCUT2D eigenvalue weighted by Crippen LogP contribution is -2.48. The molecule has 0 radical (unpaired) electrons. The summed E-state index contributed by atoms with van der Waals surface area (Å²) < 4.78 is 0. The number of benzene rings is 1. The van der Waals surface area contributed by atoms with Crippen LogP contribution in [0, 0.1) is 0 Å². The van der Waals surface area contributed by atoms with E-state index in [9.17, 15) is 19.5 Å². The van der Waals surface area contributed by atoms with Crippen LogP contribution in [-0.4, -0.2) is 39.5 Å². The number of imide groups is 1. The fraction of sp³-hybridized carbons (Fsp3) is 0.357. The van der Waals surface area contributed by atoms with Gasteiger partial charge in [-0.05, 0) is 19.4 Å². The van der Waals surface area contributed by atoms with Gasteiger partial charge in [-0.2, -0.15) is 0 Å². The maximum absolute atomic E-state index is 12.2. The van der Waals surface area contributed by atoms with Gasteiger partial charge in [0.15, 0.2) is 0 Å². The number of nitrogens with one attached hydrogen (secondary N) is 1. The molecule has 106 valence electrons. The van der Waals surface area contributed by atoms with E-state index in [0.717, 1.165) is 10.5 Å². The standard InChI is InChI=1S/C14H16N2O4/c1-14(2)12(19)16(13(20)15-14)10(11(17)18)8-9-6-4-3-5-7-9/h3-7,10H,8H2,1-2H3,(H,15,20)(H,17,18). The van der Waals surface area contributed by atoms with E-state index in [1.54, 1.807) is 38.1 Å². The van der Waals surface area contributed by atoms with Crippen molar-refractivity contribution in [3.05, 3.63) is 35.9 Å². The Bertz CT molecular complexity index is 554. The van der Waals surface area contributed by atoms with Crippen molar-refractivity contribution in [2.45, 2.75) is 31.8 Å². The number of urea groups is 1. The minimum Gasteiger partial charge on any atom is -0.480 e. The number of hydrogen-bond acceptors (Lipinski definition) is 3. The second-order valence-electron chi connectivity index (χ2n) is 5.27. The average Bonchev–Trinajstić information content (AvgIpc) is 2.57. The number of amides is 3. The molecule has 1 unspecified atom stereocenters. The van der Waals surface area contributed by atoms with Crippen LogP contribution in [0.25, 0.3) is 0 Å². The first-order chi connectivity index (χ1) is 9.33. The lowest BCUT2D eigenvalue weighted by atomic mass is 10.0. The Morgan fingerprint density at radius 2 is 1.90 bits per heavy atom. The van der Waals surface area contributed by atoms with E-state index >= 15 is 0 Å².